The molecule has 104 valence electrons. The van der Waals surface area contributed by atoms with Crippen LogP contribution in [0.5, 0.6) is 0 Å². The average Bonchev–Trinajstić information content (AvgIpc) is 2.78. The third-order valence-electron chi connectivity index (χ3n) is 3.63. The maximum Gasteiger partial charge on any atom is 0.254 e. The summed E-state index contributed by atoms with van der Waals surface area (Å²) >= 11 is 0. The SMILES string of the molecule is C[C@H](O)[C@H]1OCCCCOC[C@H]2CCCN2C1=O. The van der Waals surface area contributed by atoms with Gasteiger partial charge >= 0.3 is 0 Å². The Morgan fingerprint density at radius 1 is 1.33 bits per heavy atom. The van der Waals surface area contributed by atoms with Gasteiger partial charge in [-0.25, -0.2) is 0 Å². The Labute approximate surface area is 108 Å². The topological polar surface area (TPSA) is 59.0 Å². The Morgan fingerprint density at radius 2 is 2.11 bits per heavy atom. The van der Waals surface area contributed by atoms with Crippen molar-refractivity contribution in [1.29, 1.82) is 0 Å². The summed E-state index contributed by atoms with van der Waals surface area (Å²) in [5.74, 6) is -0.0852. The molecule has 0 aromatic rings. The first-order chi connectivity index (χ1) is 8.70. The Bertz CT molecular complexity index is 278. The summed E-state index contributed by atoms with van der Waals surface area (Å²) in [6, 6.07) is 0.153. The van der Waals surface area contributed by atoms with Gasteiger partial charge in [0.15, 0.2) is 6.10 Å². The predicted octanol–water partition coefficient (Wildman–Crippen LogP) is 0.554. The fourth-order valence-corrected chi connectivity index (χ4v) is 2.62. The number of carbonyl (C=O) groups is 1. The summed E-state index contributed by atoms with van der Waals surface area (Å²) in [5, 5.41) is 9.71. The van der Waals surface area contributed by atoms with Gasteiger partial charge in [-0.15, -0.1) is 0 Å². The van der Waals surface area contributed by atoms with Crippen LogP contribution >= 0.6 is 0 Å². The van der Waals surface area contributed by atoms with Crippen LogP contribution in [0.2, 0.25) is 0 Å². The fraction of sp³-hybridized carbons (Fsp3) is 0.923. The molecule has 0 spiro atoms. The number of amides is 1. The number of carbonyl (C=O) groups excluding carboxylic acids is 1. The molecular weight excluding hydrogens is 234 g/mol. The van der Waals surface area contributed by atoms with E-state index in [4.69, 9.17) is 9.47 Å². The summed E-state index contributed by atoms with van der Waals surface area (Å²) < 4.78 is 11.2. The number of ether oxygens (including phenoxy) is 2. The Kier molecular flexibility index (Phi) is 4.97. The maximum atomic E-state index is 12.4. The molecule has 2 fully saturated rings. The highest BCUT2D eigenvalue weighted by Crippen LogP contribution is 2.21. The second-order valence-corrected chi connectivity index (χ2v) is 5.14. The van der Waals surface area contributed by atoms with Crippen LogP contribution in [0.4, 0.5) is 0 Å². The lowest BCUT2D eigenvalue weighted by atomic mass is 10.1. The lowest BCUT2D eigenvalue weighted by Crippen LogP contribution is -2.48. The van der Waals surface area contributed by atoms with Crippen LogP contribution in [-0.2, 0) is 14.3 Å². The maximum absolute atomic E-state index is 12.4. The van der Waals surface area contributed by atoms with Crippen LogP contribution < -0.4 is 0 Å². The number of rotatable bonds is 1. The molecule has 2 aliphatic rings. The smallest absolute Gasteiger partial charge is 0.254 e. The molecule has 0 saturated carbocycles. The molecule has 0 unspecified atom stereocenters. The first kappa shape index (κ1) is 13.8. The van der Waals surface area contributed by atoms with Gasteiger partial charge in [-0.05, 0) is 32.6 Å². The van der Waals surface area contributed by atoms with Gasteiger partial charge in [-0.1, -0.05) is 0 Å². The summed E-state index contributed by atoms with van der Waals surface area (Å²) in [7, 11) is 0. The molecule has 1 amide bonds. The second kappa shape index (κ2) is 6.50. The van der Waals surface area contributed by atoms with E-state index in [-0.39, 0.29) is 11.9 Å². The molecule has 5 nitrogen and oxygen atoms in total. The molecule has 2 saturated heterocycles. The molecule has 2 aliphatic heterocycles. The molecule has 5 heteroatoms. The van der Waals surface area contributed by atoms with Crippen molar-refractivity contribution in [2.24, 2.45) is 0 Å². The molecule has 18 heavy (non-hydrogen) atoms. The number of aliphatic hydroxyl groups excluding tert-OH is 1. The summed E-state index contributed by atoms with van der Waals surface area (Å²) in [4.78, 5) is 14.2. The van der Waals surface area contributed by atoms with Crippen LogP contribution in [-0.4, -0.2) is 60.5 Å². The Morgan fingerprint density at radius 3 is 2.89 bits per heavy atom. The van der Waals surface area contributed by atoms with Gasteiger partial charge in [0, 0.05) is 19.8 Å². The van der Waals surface area contributed by atoms with E-state index in [1.54, 1.807) is 6.92 Å². The lowest BCUT2D eigenvalue weighted by molar-refractivity contribution is -0.152. The fourth-order valence-electron chi connectivity index (χ4n) is 2.62. The minimum absolute atomic E-state index is 0.0852. The monoisotopic (exact) mass is 257 g/mol. The average molecular weight is 257 g/mol. The van der Waals surface area contributed by atoms with Gasteiger partial charge in [0.2, 0.25) is 0 Å². The number of hydrogen-bond acceptors (Lipinski definition) is 4. The molecular formula is C13H23NO4. The van der Waals surface area contributed by atoms with Crippen molar-refractivity contribution < 1.29 is 19.4 Å². The lowest BCUT2D eigenvalue weighted by Gasteiger charge is -2.29. The van der Waals surface area contributed by atoms with E-state index < -0.39 is 12.2 Å². The van der Waals surface area contributed by atoms with E-state index in [0.717, 1.165) is 38.8 Å². The highest BCUT2D eigenvalue weighted by molar-refractivity contribution is 5.82. The minimum Gasteiger partial charge on any atom is -0.390 e. The predicted molar refractivity (Wildman–Crippen MR) is 66.2 cm³/mol. The zero-order valence-corrected chi connectivity index (χ0v) is 11.0. The third-order valence-corrected chi connectivity index (χ3v) is 3.63. The summed E-state index contributed by atoms with van der Waals surface area (Å²) in [6.45, 7) is 4.20. The van der Waals surface area contributed by atoms with Gasteiger partial charge in [-0.3, -0.25) is 4.79 Å². The van der Waals surface area contributed by atoms with E-state index in [2.05, 4.69) is 0 Å². The van der Waals surface area contributed by atoms with E-state index in [0.29, 0.717) is 13.2 Å². The highest BCUT2D eigenvalue weighted by atomic mass is 16.5. The zero-order valence-electron chi connectivity index (χ0n) is 11.0. The standard InChI is InChI=1S/C13H23NO4/c1-10(15)12-13(16)14-6-4-5-11(14)9-17-7-2-3-8-18-12/h10-12,15H,2-9H2,1H3/t10-,11+,12+/m0/s1. The molecule has 3 atom stereocenters. The van der Waals surface area contributed by atoms with Gasteiger partial charge < -0.3 is 19.5 Å². The Hall–Kier alpha value is -0.650. The highest BCUT2D eigenvalue weighted by Gasteiger charge is 2.35. The van der Waals surface area contributed by atoms with Crippen molar-refractivity contribution in [1.82, 2.24) is 4.90 Å². The van der Waals surface area contributed by atoms with Crippen molar-refractivity contribution in [2.75, 3.05) is 26.4 Å². The van der Waals surface area contributed by atoms with Crippen molar-refractivity contribution in [3.63, 3.8) is 0 Å². The molecule has 2 heterocycles. The van der Waals surface area contributed by atoms with E-state index in [9.17, 15) is 9.90 Å². The van der Waals surface area contributed by atoms with E-state index >= 15 is 0 Å². The molecule has 0 aliphatic carbocycles. The quantitative estimate of drug-likeness (QED) is 0.745. The number of aliphatic hydroxyl groups is 1. The van der Waals surface area contributed by atoms with Crippen molar-refractivity contribution >= 4 is 5.91 Å². The molecule has 0 aromatic heterocycles. The largest absolute Gasteiger partial charge is 0.390 e. The number of hydrogen-bond donors (Lipinski definition) is 1. The third kappa shape index (κ3) is 3.22. The van der Waals surface area contributed by atoms with Crippen molar-refractivity contribution in [3.05, 3.63) is 0 Å². The second-order valence-electron chi connectivity index (χ2n) is 5.14. The summed E-state index contributed by atoms with van der Waals surface area (Å²) in [6.07, 6.45) is 2.31. The van der Waals surface area contributed by atoms with Crippen LogP contribution in [0.15, 0.2) is 0 Å². The zero-order chi connectivity index (χ0) is 13.0. The first-order valence-corrected chi connectivity index (χ1v) is 6.88. The van der Waals surface area contributed by atoms with E-state index in [1.807, 2.05) is 4.90 Å². The van der Waals surface area contributed by atoms with Gasteiger partial charge in [0.25, 0.3) is 5.91 Å². The summed E-state index contributed by atoms with van der Waals surface area (Å²) in [5.41, 5.74) is 0. The van der Waals surface area contributed by atoms with Crippen molar-refractivity contribution in [2.45, 2.75) is 50.9 Å². The molecule has 0 aromatic carbocycles. The van der Waals surface area contributed by atoms with Crippen LogP contribution in [0.25, 0.3) is 0 Å². The number of nitrogens with zero attached hydrogens (tertiary/aromatic N) is 1. The first-order valence-electron chi connectivity index (χ1n) is 6.88. The minimum atomic E-state index is -0.763. The Balaban J connectivity index is 2.08. The van der Waals surface area contributed by atoms with Gasteiger partial charge in [0.05, 0.1) is 18.8 Å². The molecule has 1 N–H and O–H groups in total. The van der Waals surface area contributed by atoms with Crippen LogP contribution in [0.1, 0.15) is 32.6 Å². The van der Waals surface area contributed by atoms with Gasteiger partial charge in [-0.2, -0.15) is 0 Å². The van der Waals surface area contributed by atoms with Crippen LogP contribution in [0, 0.1) is 0 Å². The normalized spacial score (nSPS) is 32.8. The van der Waals surface area contributed by atoms with Gasteiger partial charge in [0.1, 0.15) is 0 Å². The van der Waals surface area contributed by atoms with Crippen molar-refractivity contribution in [3.8, 4) is 0 Å². The van der Waals surface area contributed by atoms with E-state index in [1.165, 1.54) is 0 Å². The van der Waals surface area contributed by atoms with Crippen LogP contribution in [0.3, 0.4) is 0 Å². The molecule has 0 radical (unpaired) electrons. The molecule has 2 rings (SSSR count). The number of fused-ring (bicyclic) bond motifs is 1. The molecule has 0 bridgehead atoms.